The second kappa shape index (κ2) is 4.77. The van der Waals surface area contributed by atoms with E-state index < -0.39 is 0 Å². The average molecular weight is 265 g/mol. The molecular weight excluding hydrogens is 250 g/mol. The first-order valence-electron chi connectivity index (χ1n) is 5.56. The summed E-state index contributed by atoms with van der Waals surface area (Å²) < 4.78 is 0. The largest absolute Gasteiger partial charge is 0.395 e. The normalized spacial score (nSPS) is 10.9. The molecule has 2 aromatic rings. The van der Waals surface area contributed by atoms with Crippen molar-refractivity contribution in [3.05, 3.63) is 22.5 Å². The summed E-state index contributed by atoms with van der Waals surface area (Å²) in [6.07, 6.45) is 1.70. The molecule has 2 rings (SSSR count). The highest BCUT2D eigenvalue weighted by Crippen LogP contribution is 2.23. The molecule has 0 saturated heterocycles. The molecule has 96 valence electrons. The Morgan fingerprint density at radius 1 is 1.56 bits per heavy atom. The van der Waals surface area contributed by atoms with Gasteiger partial charge >= 0.3 is 0 Å². The highest BCUT2D eigenvalue weighted by atomic mass is 32.1. The summed E-state index contributed by atoms with van der Waals surface area (Å²) in [5.41, 5.74) is 7.28. The first kappa shape index (κ1) is 12.6. The molecule has 2 aromatic heterocycles. The first-order valence-corrected chi connectivity index (χ1v) is 6.38. The Kier molecular flexibility index (Phi) is 3.33. The van der Waals surface area contributed by atoms with E-state index in [0.717, 1.165) is 10.6 Å². The number of nitrogen functional groups attached to an aromatic ring is 1. The van der Waals surface area contributed by atoms with E-state index >= 15 is 0 Å². The minimum Gasteiger partial charge on any atom is -0.395 e. The third-order valence-electron chi connectivity index (χ3n) is 2.47. The number of carbonyl (C=O) groups excluding carboxylic acids is 1. The molecule has 0 saturated carbocycles. The fraction of sp³-hybridized carbons (Fsp3) is 0.364. The number of H-pyrrole nitrogens is 1. The van der Waals surface area contributed by atoms with Crippen LogP contribution in [0.3, 0.4) is 0 Å². The van der Waals surface area contributed by atoms with E-state index in [1.54, 1.807) is 6.20 Å². The van der Waals surface area contributed by atoms with Crippen LogP contribution in [0.2, 0.25) is 0 Å². The predicted octanol–water partition coefficient (Wildman–Crippen LogP) is 2.13. The second-order valence-electron chi connectivity index (χ2n) is 4.28. The summed E-state index contributed by atoms with van der Waals surface area (Å²) in [6, 6.07) is 0. The number of carbonyl (C=O) groups is 1. The fourth-order valence-corrected chi connectivity index (χ4v) is 2.21. The molecular formula is C11H15N5OS. The van der Waals surface area contributed by atoms with Gasteiger partial charge in [0.2, 0.25) is 0 Å². The zero-order valence-corrected chi connectivity index (χ0v) is 11.3. The number of nitrogens with two attached hydrogens (primary N) is 1. The van der Waals surface area contributed by atoms with Gasteiger partial charge in [-0.1, -0.05) is 13.8 Å². The Morgan fingerprint density at radius 3 is 2.78 bits per heavy atom. The van der Waals surface area contributed by atoms with E-state index in [0.29, 0.717) is 10.8 Å². The molecule has 1 amide bonds. The van der Waals surface area contributed by atoms with E-state index in [1.165, 1.54) is 11.3 Å². The number of anilines is 2. The second-order valence-corrected chi connectivity index (χ2v) is 5.52. The van der Waals surface area contributed by atoms with Crippen molar-refractivity contribution in [1.29, 1.82) is 0 Å². The van der Waals surface area contributed by atoms with Gasteiger partial charge in [-0.3, -0.25) is 15.2 Å². The van der Waals surface area contributed by atoms with Crippen molar-refractivity contribution >= 4 is 28.1 Å². The molecule has 0 aliphatic carbocycles. The maximum Gasteiger partial charge on any atom is 0.280 e. The zero-order chi connectivity index (χ0) is 13.3. The molecule has 0 unspecified atom stereocenters. The summed E-state index contributed by atoms with van der Waals surface area (Å²) in [5, 5.41) is 9.97. The molecule has 0 aliphatic rings. The van der Waals surface area contributed by atoms with Crippen LogP contribution in [-0.2, 0) is 0 Å². The minimum atomic E-state index is -0.343. The van der Waals surface area contributed by atoms with Crippen LogP contribution in [-0.4, -0.2) is 21.1 Å². The lowest BCUT2D eigenvalue weighted by Crippen LogP contribution is -2.14. The van der Waals surface area contributed by atoms with Crippen molar-refractivity contribution in [2.45, 2.75) is 26.7 Å². The van der Waals surface area contributed by atoms with E-state index in [-0.39, 0.29) is 17.5 Å². The Bertz CT molecular complexity index is 572. The highest BCUT2D eigenvalue weighted by molar-refractivity contribution is 7.15. The molecule has 6 nitrogen and oxygen atoms in total. The van der Waals surface area contributed by atoms with Gasteiger partial charge in [0.05, 0.1) is 11.4 Å². The van der Waals surface area contributed by atoms with Crippen LogP contribution in [0, 0.1) is 6.92 Å². The van der Waals surface area contributed by atoms with Crippen LogP contribution < -0.4 is 11.1 Å². The number of amides is 1. The number of nitrogens with one attached hydrogen (secondary N) is 2. The van der Waals surface area contributed by atoms with Gasteiger partial charge in [-0.15, -0.1) is 11.3 Å². The monoisotopic (exact) mass is 265 g/mol. The lowest BCUT2D eigenvalue weighted by atomic mass is 10.1. The Hall–Kier alpha value is -1.89. The summed E-state index contributed by atoms with van der Waals surface area (Å²) in [4.78, 5) is 17.1. The van der Waals surface area contributed by atoms with Gasteiger partial charge in [0.15, 0.2) is 10.8 Å². The number of aromatic nitrogens is 3. The molecule has 7 heteroatoms. The Labute approximate surface area is 109 Å². The Balaban J connectivity index is 2.19. The van der Waals surface area contributed by atoms with Crippen LogP contribution in [0.15, 0.2) is 6.20 Å². The lowest BCUT2D eigenvalue weighted by molar-refractivity contribution is 0.102. The molecule has 0 fully saturated rings. The average Bonchev–Trinajstić information content (AvgIpc) is 2.85. The van der Waals surface area contributed by atoms with Crippen LogP contribution >= 0.6 is 11.3 Å². The van der Waals surface area contributed by atoms with Crippen LogP contribution in [0.1, 0.15) is 40.8 Å². The third kappa shape index (κ3) is 2.35. The highest BCUT2D eigenvalue weighted by Gasteiger charge is 2.19. The maximum absolute atomic E-state index is 12.0. The molecule has 0 atom stereocenters. The molecule has 0 aromatic carbocycles. The van der Waals surface area contributed by atoms with Crippen molar-refractivity contribution in [3.63, 3.8) is 0 Å². The van der Waals surface area contributed by atoms with Crippen LogP contribution in [0.5, 0.6) is 0 Å². The predicted molar refractivity (Wildman–Crippen MR) is 71.9 cm³/mol. The van der Waals surface area contributed by atoms with E-state index in [9.17, 15) is 4.79 Å². The van der Waals surface area contributed by atoms with Crippen molar-refractivity contribution < 1.29 is 4.79 Å². The molecule has 0 radical (unpaired) electrons. The fourth-order valence-electron chi connectivity index (χ4n) is 1.55. The molecule has 4 N–H and O–H groups in total. The number of thiazole rings is 1. The van der Waals surface area contributed by atoms with Gasteiger partial charge < -0.3 is 5.73 Å². The number of aryl methyl sites for hydroxylation is 1. The van der Waals surface area contributed by atoms with Crippen molar-refractivity contribution in [1.82, 2.24) is 15.2 Å². The maximum atomic E-state index is 12.0. The molecule has 18 heavy (non-hydrogen) atoms. The summed E-state index contributed by atoms with van der Waals surface area (Å²) >= 11 is 1.41. The quantitative estimate of drug-likeness (QED) is 0.792. The molecule has 0 bridgehead atoms. The van der Waals surface area contributed by atoms with E-state index in [4.69, 9.17) is 5.73 Å². The van der Waals surface area contributed by atoms with Gasteiger partial charge in [0.1, 0.15) is 0 Å². The van der Waals surface area contributed by atoms with Gasteiger partial charge in [-0.25, -0.2) is 4.98 Å². The van der Waals surface area contributed by atoms with Gasteiger partial charge in [0, 0.05) is 11.1 Å². The van der Waals surface area contributed by atoms with Crippen LogP contribution in [0.25, 0.3) is 0 Å². The SMILES string of the molecule is Cc1cnc(NC(=O)c2n[nH]c(C(C)C)c2N)s1. The Morgan fingerprint density at radius 2 is 2.28 bits per heavy atom. The van der Waals surface area contributed by atoms with E-state index in [2.05, 4.69) is 20.5 Å². The van der Waals surface area contributed by atoms with Crippen LogP contribution in [0.4, 0.5) is 10.8 Å². The number of hydrogen-bond acceptors (Lipinski definition) is 5. The summed E-state index contributed by atoms with van der Waals surface area (Å²) in [7, 11) is 0. The molecule has 2 heterocycles. The third-order valence-corrected chi connectivity index (χ3v) is 3.30. The number of rotatable bonds is 3. The first-order chi connectivity index (χ1) is 8.49. The zero-order valence-electron chi connectivity index (χ0n) is 10.4. The minimum absolute atomic E-state index is 0.196. The number of aromatic amines is 1. The number of hydrogen-bond donors (Lipinski definition) is 3. The molecule has 0 aliphatic heterocycles. The number of nitrogens with zero attached hydrogens (tertiary/aromatic N) is 2. The lowest BCUT2D eigenvalue weighted by Gasteiger charge is -2.02. The van der Waals surface area contributed by atoms with Gasteiger partial charge in [0.25, 0.3) is 5.91 Å². The topological polar surface area (TPSA) is 96.7 Å². The summed E-state index contributed by atoms with van der Waals surface area (Å²) in [5.74, 6) is -0.147. The van der Waals surface area contributed by atoms with Gasteiger partial charge in [-0.05, 0) is 12.8 Å². The summed E-state index contributed by atoms with van der Waals surface area (Å²) in [6.45, 7) is 5.89. The smallest absolute Gasteiger partial charge is 0.280 e. The van der Waals surface area contributed by atoms with Crippen molar-refractivity contribution in [2.75, 3.05) is 11.1 Å². The standard InChI is InChI=1S/C11H15N5OS/c1-5(2)8-7(12)9(16-15-8)10(17)14-11-13-4-6(3)18-11/h4-5H,12H2,1-3H3,(H,15,16)(H,13,14,17). The van der Waals surface area contributed by atoms with Crippen molar-refractivity contribution in [3.8, 4) is 0 Å². The molecule has 0 spiro atoms. The van der Waals surface area contributed by atoms with Gasteiger partial charge in [-0.2, -0.15) is 5.10 Å². The van der Waals surface area contributed by atoms with Crippen molar-refractivity contribution in [2.24, 2.45) is 0 Å². The van der Waals surface area contributed by atoms with E-state index in [1.807, 2.05) is 20.8 Å².